The minimum absolute atomic E-state index is 0.155. The molecule has 88 valence electrons. The summed E-state index contributed by atoms with van der Waals surface area (Å²) in [5.74, 6) is 0.242. The van der Waals surface area contributed by atoms with Crippen molar-refractivity contribution in [2.75, 3.05) is 19.1 Å². The molecule has 1 aromatic rings. The lowest BCUT2D eigenvalue weighted by atomic mass is 9.92. The molecule has 0 bridgehead atoms. The van der Waals surface area contributed by atoms with Crippen LogP contribution in [-0.2, 0) is 4.74 Å². The highest BCUT2D eigenvalue weighted by Crippen LogP contribution is 2.23. The zero-order chi connectivity index (χ0) is 11.4. The van der Waals surface area contributed by atoms with Crippen molar-refractivity contribution in [2.24, 2.45) is 0 Å². The first-order valence-corrected chi connectivity index (χ1v) is 6.30. The molecule has 2 heterocycles. The van der Waals surface area contributed by atoms with E-state index in [1.165, 1.54) is 6.20 Å². The Morgan fingerprint density at radius 3 is 2.94 bits per heavy atom. The Labute approximate surface area is 102 Å². The molecule has 0 saturated carbocycles. The van der Waals surface area contributed by atoms with Gasteiger partial charge in [-0.05, 0) is 24.4 Å². The van der Waals surface area contributed by atoms with Gasteiger partial charge in [-0.1, -0.05) is 4.49 Å². The second-order valence-electron chi connectivity index (χ2n) is 3.76. The van der Waals surface area contributed by atoms with Crippen LogP contribution in [0, 0.1) is 0 Å². The summed E-state index contributed by atoms with van der Waals surface area (Å²) in [5.41, 5.74) is -0.346. The summed E-state index contributed by atoms with van der Waals surface area (Å²) in [6.07, 6.45) is 2.95. The molecule has 1 fully saturated rings. The molecule has 16 heavy (non-hydrogen) atoms. The van der Waals surface area contributed by atoms with Gasteiger partial charge in [-0.2, -0.15) is 0 Å². The summed E-state index contributed by atoms with van der Waals surface area (Å²) in [6.45, 7) is 1.27. The van der Waals surface area contributed by atoms with Crippen LogP contribution in [0.2, 0.25) is 0 Å². The minimum atomic E-state index is -0.346. The number of rotatable bonds is 3. The lowest BCUT2D eigenvalue weighted by Crippen LogP contribution is -2.53. The van der Waals surface area contributed by atoms with Gasteiger partial charge in [0.05, 0.1) is 11.7 Å². The normalized spacial score (nSPS) is 19.3. The highest BCUT2D eigenvalue weighted by Gasteiger charge is 2.33. The van der Waals surface area contributed by atoms with Gasteiger partial charge in [-0.15, -0.1) is 16.7 Å². The summed E-state index contributed by atoms with van der Waals surface area (Å²) in [7, 11) is 0. The molecule has 0 aromatic carbocycles. The van der Waals surface area contributed by atoms with Crippen molar-refractivity contribution in [1.29, 1.82) is 0 Å². The number of halogens is 1. The zero-order valence-corrected chi connectivity index (χ0v) is 10.2. The van der Waals surface area contributed by atoms with E-state index in [1.807, 2.05) is 0 Å². The first kappa shape index (κ1) is 11.8. The number of carbonyl (C=O) groups excluding carboxylic acids is 1. The third kappa shape index (κ3) is 2.50. The number of hydrogen-bond acceptors (Lipinski definition) is 5. The van der Waals surface area contributed by atoms with Gasteiger partial charge in [-0.25, -0.2) is 0 Å². The molecule has 0 unspecified atom stereocenters. The van der Waals surface area contributed by atoms with Gasteiger partial charge >= 0.3 is 0 Å². The van der Waals surface area contributed by atoms with Gasteiger partial charge in [0.1, 0.15) is 4.88 Å². The zero-order valence-electron chi connectivity index (χ0n) is 8.61. The number of hydrogen-bond donors (Lipinski definition) is 1. The third-order valence-corrected chi connectivity index (χ3v) is 3.84. The Kier molecular flexibility index (Phi) is 3.73. The molecule has 0 radical (unpaired) electrons. The van der Waals surface area contributed by atoms with Crippen molar-refractivity contribution in [1.82, 2.24) is 14.9 Å². The number of ether oxygens (including phenoxy) is 1. The molecule has 5 nitrogen and oxygen atoms in total. The smallest absolute Gasteiger partial charge is 0.265 e. The van der Waals surface area contributed by atoms with Gasteiger partial charge in [0, 0.05) is 19.1 Å². The van der Waals surface area contributed by atoms with Gasteiger partial charge in [0.25, 0.3) is 5.91 Å². The summed E-state index contributed by atoms with van der Waals surface area (Å²) >= 11 is 7.03. The quantitative estimate of drug-likeness (QED) is 0.827. The first-order valence-electron chi connectivity index (χ1n) is 4.99. The maximum Gasteiger partial charge on any atom is 0.265 e. The molecule has 0 aliphatic carbocycles. The van der Waals surface area contributed by atoms with Crippen molar-refractivity contribution in [3.05, 3.63) is 11.1 Å². The van der Waals surface area contributed by atoms with Crippen LogP contribution in [0.1, 0.15) is 22.5 Å². The largest absolute Gasteiger partial charge is 0.381 e. The summed E-state index contributed by atoms with van der Waals surface area (Å²) in [4.78, 5) is 12.4. The average molecular weight is 262 g/mol. The van der Waals surface area contributed by atoms with Gasteiger partial charge < -0.3 is 10.1 Å². The molecule has 0 atom stereocenters. The Morgan fingerprint density at radius 2 is 2.38 bits per heavy atom. The van der Waals surface area contributed by atoms with Crippen LogP contribution in [0.15, 0.2) is 6.20 Å². The number of nitrogens with zero attached hydrogens (tertiary/aromatic N) is 2. The van der Waals surface area contributed by atoms with Crippen LogP contribution in [0.3, 0.4) is 0 Å². The van der Waals surface area contributed by atoms with Crippen molar-refractivity contribution in [3.8, 4) is 0 Å². The standard InChI is InChI=1S/C9H12ClN3O2S/c10-6-9(1-3-15-4-2-9)12-8(14)7-5-11-13-16-7/h5H,1-4,6H2,(H,12,14). The van der Waals surface area contributed by atoms with E-state index < -0.39 is 0 Å². The van der Waals surface area contributed by atoms with Crippen molar-refractivity contribution >= 4 is 29.0 Å². The number of alkyl halides is 1. The van der Waals surface area contributed by atoms with E-state index in [9.17, 15) is 4.79 Å². The second kappa shape index (κ2) is 5.07. The number of aromatic nitrogens is 2. The fraction of sp³-hybridized carbons (Fsp3) is 0.667. The summed E-state index contributed by atoms with van der Waals surface area (Å²) in [6, 6.07) is 0. The number of carbonyl (C=O) groups is 1. The van der Waals surface area contributed by atoms with Crippen LogP contribution in [0.25, 0.3) is 0 Å². The third-order valence-electron chi connectivity index (χ3n) is 2.67. The predicted molar refractivity (Wildman–Crippen MR) is 60.9 cm³/mol. The van der Waals surface area contributed by atoms with Crippen LogP contribution in [0.5, 0.6) is 0 Å². The summed E-state index contributed by atoms with van der Waals surface area (Å²) in [5, 5.41) is 6.60. The topological polar surface area (TPSA) is 64.1 Å². The van der Waals surface area contributed by atoms with E-state index in [1.54, 1.807) is 0 Å². The lowest BCUT2D eigenvalue weighted by Gasteiger charge is -2.36. The molecule has 1 aliphatic heterocycles. The molecule has 1 amide bonds. The number of amides is 1. The number of nitrogens with one attached hydrogen (secondary N) is 1. The van der Waals surface area contributed by atoms with E-state index in [0.29, 0.717) is 24.0 Å². The van der Waals surface area contributed by atoms with Gasteiger partial charge in [0.2, 0.25) is 0 Å². The predicted octanol–water partition coefficient (Wildman–Crippen LogP) is 1.06. The monoisotopic (exact) mass is 261 g/mol. The van der Waals surface area contributed by atoms with Crippen LogP contribution < -0.4 is 5.32 Å². The van der Waals surface area contributed by atoms with Crippen LogP contribution in [0.4, 0.5) is 0 Å². The SMILES string of the molecule is O=C(NC1(CCl)CCOCC1)c1cnns1. The Hall–Kier alpha value is -0.720. The minimum Gasteiger partial charge on any atom is -0.381 e. The van der Waals surface area contributed by atoms with E-state index in [-0.39, 0.29) is 11.4 Å². The van der Waals surface area contributed by atoms with E-state index in [0.717, 1.165) is 24.4 Å². The highest BCUT2D eigenvalue weighted by atomic mass is 35.5. The van der Waals surface area contributed by atoms with Crippen molar-refractivity contribution in [3.63, 3.8) is 0 Å². The average Bonchev–Trinajstić information content (AvgIpc) is 2.84. The van der Waals surface area contributed by atoms with Gasteiger partial charge in [-0.3, -0.25) is 4.79 Å². The fourth-order valence-electron chi connectivity index (χ4n) is 1.62. The maximum absolute atomic E-state index is 11.9. The van der Waals surface area contributed by atoms with Crippen LogP contribution >= 0.6 is 23.1 Å². The molecule has 7 heteroatoms. The molecule has 0 spiro atoms. The Balaban J connectivity index is 2.03. The first-order chi connectivity index (χ1) is 7.76. The fourth-order valence-corrected chi connectivity index (χ4v) is 2.37. The molecule has 1 aliphatic rings. The van der Waals surface area contributed by atoms with Crippen LogP contribution in [-0.4, -0.2) is 40.1 Å². The Morgan fingerprint density at radius 1 is 1.62 bits per heavy atom. The molecule has 1 N–H and O–H groups in total. The highest BCUT2D eigenvalue weighted by molar-refractivity contribution is 7.07. The second-order valence-corrected chi connectivity index (χ2v) is 4.82. The van der Waals surface area contributed by atoms with Crippen molar-refractivity contribution in [2.45, 2.75) is 18.4 Å². The summed E-state index contributed by atoms with van der Waals surface area (Å²) < 4.78 is 8.92. The molecule has 1 saturated heterocycles. The van der Waals surface area contributed by atoms with E-state index >= 15 is 0 Å². The van der Waals surface area contributed by atoms with Crippen molar-refractivity contribution < 1.29 is 9.53 Å². The maximum atomic E-state index is 11.9. The van der Waals surface area contributed by atoms with E-state index in [2.05, 4.69) is 14.9 Å². The Bertz CT molecular complexity index is 352. The molecule has 2 rings (SSSR count). The molecular weight excluding hydrogens is 250 g/mol. The van der Waals surface area contributed by atoms with Gasteiger partial charge in [0.15, 0.2) is 0 Å². The molecule has 1 aromatic heterocycles. The molecular formula is C9H12ClN3O2S. The lowest BCUT2D eigenvalue weighted by molar-refractivity contribution is 0.0435. The van der Waals surface area contributed by atoms with E-state index in [4.69, 9.17) is 16.3 Å².